The van der Waals surface area contributed by atoms with Crippen LogP contribution < -0.4 is 5.32 Å². The monoisotopic (exact) mass is 336 g/mol. The van der Waals surface area contributed by atoms with Crippen LogP contribution in [-0.2, 0) is 13.6 Å². The lowest BCUT2D eigenvalue weighted by atomic mass is 9.96. The summed E-state index contributed by atoms with van der Waals surface area (Å²) in [5.41, 5.74) is 2.27. The second-order valence-corrected chi connectivity index (χ2v) is 6.81. The lowest BCUT2D eigenvalue weighted by Crippen LogP contribution is -2.35. The molecular weight excluding hydrogens is 312 g/mol. The highest BCUT2D eigenvalue weighted by Crippen LogP contribution is 2.22. The van der Waals surface area contributed by atoms with Gasteiger partial charge in [-0.2, -0.15) is 5.10 Å². The lowest BCUT2D eigenvalue weighted by molar-refractivity contribution is 0.182. The van der Waals surface area contributed by atoms with Crippen molar-refractivity contribution in [1.82, 2.24) is 24.6 Å². The molecule has 0 spiro atoms. The fraction of sp³-hybridized carbons (Fsp3) is 0.421. The molecule has 0 bridgehead atoms. The van der Waals surface area contributed by atoms with Crippen LogP contribution in [0.15, 0.2) is 42.9 Å². The highest BCUT2D eigenvalue weighted by Gasteiger charge is 2.19. The van der Waals surface area contributed by atoms with Crippen LogP contribution in [0.4, 0.5) is 5.82 Å². The quantitative estimate of drug-likeness (QED) is 0.776. The van der Waals surface area contributed by atoms with Crippen LogP contribution in [0.2, 0.25) is 0 Å². The van der Waals surface area contributed by atoms with E-state index in [1.165, 1.54) is 18.4 Å². The van der Waals surface area contributed by atoms with Gasteiger partial charge < -0.3 is 5.32 Å². The average Bonchev–Trinajstić information content (AvgIpc) is 3.04. The number of hydrogen-bond donors (Lipinski definition) is 1. The van der Waals surface area contributed by atoms with E-state index in [-0.39, 0.29) is 0 Å². The Morgan fingerprint density at radius 1 is 1.12 bits per heavy atom. The standard InChI is InChI=1S/C19H24N6/c1-24-19-17(12-23-24)18(21-14-22-19)20-11-15-7-9-25(10-8-15)13-16-5-3-2-4-6-16/h2-6,12,14-15H,7-11,13H2,1H3,(H,20,21,22). The molecule has 6 heteroatoms. The molecule has 0 saturated carbocycles. The summed E-state index contributed by atoms with van der Waals surface area (Å²) >= 11 is 0. The number of piperidine rings is 1. The van der Waals surface area contributed by atoms with Crippen LogP contribution in [0.3, 0.4) is 0 Å². The summed E-state index contributed by atoms with van der Waals surface area (Å²) in [6.07, 6.45) is 5.89. The molecule has 0 atom stereocenters. The molecule has 1 aliphatic rings. The van der Waals surface area contributed by atoms with Crippen molar-refractivity contribution in [3.8, 4) is 0 Å². The molecular formula is C19H24N6. The van der Waals surface area contributed by atoms with Gasteiger partial charge in [-0.15, -0.1) is 0 Å². The van der Waals surface area contributed by atoms with Gasteiger partial charge in [-0.3, -0.25) is 9.58 Å². The number of nitrogens with zero attached hydrogens (tertiary/aromatic N) is 5. The second kappa shape index (κ2) is 7.19. The van der Waals surface area contributed by atoms with Crippen molar-refractivity contribution in [3.05, 3.63) is 48.4 Å². The Morgan fingerprint density at radius 3 is 2.72 bits per heavy atom. The van der Waals surface area contributed by atoms with E-state index in [9.17, 15) is 0 Å². The molecule has 3 aromatic rings. The third-order valence-electron chi connectivity index (χ3n) is 5.04. The normalized spacial score (nSPS) is 16.4. The number of fused-ring (bicyclic) bond motifs is 1. The van der Waals surface area contributed by atoms with Gasteiger partial charge in [0.2, 0.25) is 0 Å². The van der Waals surface area contributed by atoms with Crippen LogP contribution in [0.5, 0.6) is 0 Å². The SMILES string of the molecule is Cn1ncc2c(NCC3CCN(Cc4ccccc4)CC3)ncnc21. The summed E-state index contributed by atoms with van der Waals surface area (Å²) in [4.78, 5) is 11.2. The Labute approximate surface area is 147 Å². The Kier molecular flexibility index (Phi) is 4.61. The number of nitrogens with one attached hydrogen (secondary N) is 1. The van der Waals surface area contributed by atoms with Crippen molar-refractivity contribution in [1.29, 1.82) is 0 Å². The van der Waals surface area contributed by atoms with Crippen LogP contribution in [0.25, 0.3) is 11.0 Å². The van der Waals surface area contributed by atoms with Crippen molar-refractivity contribution in [3.63, 3.8) is 0 Å². The van der Waals surface area contributed by atoms with Crippen LogP contribution in [-0.4, -0.2) is 44.3 Å². The van der Waals surface area contributed by atoms with Gasteiger partial charge in [0.15, 0.2) is 5.65 Å². The smallest absolute Gasteiger partial charge is 0.163 e. The third kappa shape index (κ3) is 3.64. The minimum Gasteiger partial charge on any atom is -0.369 e. The van der Waals surface area contributed by atoms with Gasteiger partial charge >= 0.3 is 0 Å². The number of benzene rings is 1. The van der Waals surface area contributed by atoms with Gasteiger partial charge in [0.05, 0.1) is 11.6 Å². The molecule has 1 saturated heterocycles. The molecule has 2 aromatic heterocycles. The van der Waals surface area contributed by atoms with E-state index < -0.39 is 0 Å². The number of anilines is 1. The van der Waals surface area contributed by atoms with Crippen LogP contribution >= 0.6 is 0 Å². The van der Waals surface area contributed by atoms with Crippen molar-refractivity contribution in [2.45, 2.75) is 19.4 Å². The third-order valence-corrected chi connectivity index (χ3v) is 5.04. The topological polar surface area (TPSA) is 58.9 Å². The molecule has 0 amide bonds. The summed E-state index contributed by atoms with van der Waals surface area (Å²) in [6, 6.07) is 10.7. The number of hydrogen-bond acceptors (Lipinski definition) is 5. The average molecular weight is 336 g/mol. The van der Waals surface area contributed by atoms with E-state index in [1.807, 2.05) is 13.2 Å². The minimum atomic E-state index is 0.689. The first-order valence-corrected chi connectivity index (χ1v) is 8.92. The zero-order chi connectivity index (χ0) is 17.1. The fourth-order valence-electron chi connectivity index (χ4n) is 3.53. The molecule has 1 fully saturated rings. The van der Waals surface area contributed by atoms with Crippen LogP contribution in [0, 0.1) is 5.92 Å². The Bertz CT molecular complexity index is 820. The summed E-state index contributed by atoms with van der Waals surface area (Å²) in [5.74, 6) is 1.58. The van der Waals surface area contributed by atoms with Gasteiger partial charge in [0.25, 0.3) is 0 Å². The summed E-state index contributed by atoms with van der Waals surface area (Å²) in [7, 11) is 1.90. The van der Waals surface area contributed by atoms with E-state index in [1.54, 1.807) is 11.0 Å². The Morgan fingerprint density at radius 2 is 1.92 bits per heavy atom. The van der Waals surface area contributed by atoms with E-state index in [2.05, 4.69) is 55.6 Å². The maximum Gasteiger partial charge on any atom is 0.163 e. The first-order chi connectivity index (χ1) is 12.3. The Hall–Kier alpha value is -2.47. The van der Waals surface area contributed by atoms with E-state index in [0.717, 1.165) is 43.0 Å². The van der Waals surface area contributed by atoms with Gasteiger partial charge in [0, 0.05) is 20.1 Å². The zero-order valence-electron chi connectivity index (χ0n) is 14.6. The van der Waals surface area contributed by atoms with Gasteiger partial charge in [-0.1, -0.05) is 30.3 Å². The number of aryl methyl sites for hydroxylation is 1. The first-order valence-electron chi connectivity index (χ1n) is 8.92. The summed E-state index contributed by atoms with van der Waals surface area (Å²) in [5, 5.41) is 8.77. The maximum atomic E-state index is 4.39. The van der Waals surface area contributed by atoms with Crippen LogP contribution in [0.1, 0.15) is 18.4 Å². The molecule has 6 nitrogen and oxygen atoms in total. The number of aromatic nitrogens is 4. The van der Waals surface area contributed by atoms with Crippen molar-refractivity contribution in [2.24, 2.45) is 13.0 Å². The molecule has 0 aliphatic carbocycles. The zero-order valence-corrected chi connectivity index (χ0v) is 14.6. The summed E-state index contributed by atoms with van der Waals surface area (Å²) in [6.45, 7) is 4.34. The molecule has 1 aliphatic heterocycles. The predicted molar refractivity (Wildman–Crippen MR) is 99.2 cm³/mol. The maximum absolute atomic E-state index is 4.39. The molecule has 0 unspecified atom stereocenters. The van der Waals surface area contributed by atoms with Crippen molar-refractivity contribution in [2.75, 3.05) is 25.0 Å². The lowest BCUT2D eigenvalue weighted by Gasteiger charge is -2.32. The first kappa shape index (κ1) is 16.0. The van der Waals surface area contributed by atoms with E-state index >= 15 is 0 Å². The highest BCUT2D eigenvalue weighted by atomic mass is 15.3. The largest absolute Gasteiger partial charge is 0.369 e. The molecule has 4 rings (SSSR count). The van der Waals surface area contributed by atoms with E-state index in [4.69, 9.17) is 0 Å². The summed E-state index contributed by atoms with van der Waals surface area (Å²) < 4.78 is 1.78. The molecule has 130 valence electrons. The highest BCUT2D eigenvalue weighted by molar-refractivity contribution is 5.85. The number of likely N-dealkylation sites (tertiary alicyclic amines) is 1. The van der Waals surface area contributed by atoms with Gasteiger partial charge in [-0.25, -0.2) is 9.97 Å². The minimum absolute atomic E-state index is 0.689. The fourth-order valence-corrected chi connectivity index (χ4v) is 3.53. The molecule has 25 heavy (non-hydrogen) atoms. The second-order valence-electron chi connectivity index (χ2n) is 6.81. The van der Waals surface area contributed by atoms with Gasteiger partial charge in [0.1, 0.15) is 12.1 Å². The molecule has 3 heterocycles. The Balaban J connectivity index is 1.30. The molecule has 1 N–H and O–H groups in total. The predicted octanol–water partition coefficient (Wildman–Crippen LogP) is 2.69. The molecule has 1 aromatic carbocycles. The molecule has 0 radical (unpaired) electrons. The van der Waals surface area contributed by atoms with Crippen molar-refractivity contribution < 1.29 is 0 Å². The number of rotatable bonds is 5. The van der Waals surface area contributed by atoms with Gasteiger partial charge in [-0.05, 0) is 37.4 Å². The van der Waals surface area contributed by atoms with Crippen molar-refractivity contribution >= 4 is 16.9 Å². The van der Waals surface area contributed by atoms with E-state index in [0.29, 0.717) is 5.92 Å².